The lowest BCUT2D eigenvalue weighted by atomic mass is 9.82. The van der Waals surface area contributed by atoms with Crippen LogP contribution in [0.25, 0.3) is 76.9 Å². The molecule has 1 aliphatic carbocycles. The maximum atomic E-state index is 6.44. The number of hydrogen-bond acceptors (Lipinski definition) is 2. The van der Waals surface area contributed by atoms with Gasteiger partial charge < -0.3 is 9.32 Å². The number of benzene rings is 9. The number of nitrogens with zero attached hydrogens (tertiary/aromatic N) is 1. The number of furan rings is 1. The number of hydrogen-bond donors (Lipinski definition) is 0. The lowest BCUT2D eigenvalue weighted by Crippen LogP contribution is -2.16. The SMILES string of the molecule is CC1(C)c2ccccc2-c2c(N(c3ccc(-c4cccc5c4ccc4ccccc45)cc3)c3ccc(-c4cccc5c4oc4ccccc45)cc3)cccc21. The predicted octanol–water partition coefficient (Wildman–Crippen LogP) is 15.0. The van der Waals surface area contributed by atoms with Crippen molar-refractivity contribution in [1.29, 1.82) is 0 Å². The minimum atomic E-state index is -0.106. The maximum Gasteiger partial charge on any atom is 0.143 e. The largest absolute Gasteiger partial charge is 0.455 e. The van der Waals surface area contributed by atoms with Gasteiger partial charge in [-0.1, -0.05) is 166 Å². The second kappa shape index (κ2) is 12.1. The zero-order valence-electron chi connectivity index (χ0n) is 30.8. The van der Waals surface area contributed by atoms with Crippen molar-refractivity contribution in [3.05, 3.63) is 199 Å². The molecule has 0 radical (unpaired) electrons. The summed E-state index contributed by atoms with van der Waals surface area (Å²) >= 11 is 0. The van der Waals surface area contributed by atoms with Crippen LogP contribution in [0.4, 0.5) is 17.1 Å². The summed E-state index contributed by atoms with van der Waals surface area (Å²) in [5, 5.41) is 7.37. The molecular formula is C53H37NO. The summed E-state index contributed by atoms with van der Waals surface area (Å²) in [5.41, 5.74) is 15.1. The van der Waals surface area contributed by atoms with E-state index in [1.54, 1.807) is 0 Å². The highest BCUT2D eigenvalue weighted by Gasteiger charge is 2.37. The van der Waals surface area contributed by atoms with Crippen LogP contribution in [-0.4, -0.2) is 0 Å². The van der Waals surface area contributed by atoms with E-state index in [2.05, 4.69) is 195 Å². The van der Waals surface area contributed by atoms with E-state index < -0.39 is 0 Å². The molecule has 55 heavy (non-hydrogen) atoms. The fraction of sp³-hybridized carbons (Fsp3) is 0.0566. The molecule has 11 rings (SSSR count). The molecule has 2 nitrogen and oxygen atoms in total. The zero-order chi connectivity index (χ0) is 36.7. The Hall–Kier alpha value is -6.90. The molecule has 0 aliphatic heterocycles. The van der Waals surface area contributed by atoms with Crippen LogP contribution in [0.1, 0.15) is 25.0 Å². The summed E-state index contributed by atoms with van der Waals surface area (Å²) in [6, 6.07) is 68.4. The van der Waals surface area contributed by atoms with Crippen molar-refractivity contribution in [3.8, 4) is 33.4 Å². The van der Waals surface area contributed by atoms with Crippen LogP contribution < -0.4 is 4.90 Å². The van der Waals surface area contributed by atoms with Crippen molar-refractivity contribution in [2.24, 2.45) is 0 Å². The molecule has 1 aliphatic rings. The highest BCUT2D eigenvalue weighted by Crippen LogP contribution is 2.54. The number of fused-ring (bicyclic) bond motifs is 9. The molecule has 0 amide bonds. The standard InChI is InChI=1S/C53H37NO/c1-53(2)47-20-7-5-15-46(47)51-48(53)21-11-22-49(51)54(38-31-26-36(27-32-38)41-17-10-19-45-44-14-6-8-23-50(44)55-52(41)45)37-29-24-35(25-30-37)40-16-9-18-42-39-13-4-3-12-34(39)28-33-43(40)42/h3-33H,1-2H3. The summed E-state index contributed by atoms with van der Waals surface area (Å²) in [6.07, 6.45) is 0. The molecule has 1 heterocycles. The first kappa shape index (κ1) is 31.6. The van der Waals surface area contributed by atoms with Crippen LogP contribution in [0, 0.1) is 0 Å². The molecular weight excluding hydrogens is 667 g/mol. The molecule has 0 N–H and O–H groups in total. The summed E-state index contributed by atoms with van der Waals surface area (Å²) in [6.45, 7) is 4.70. The molecule has 10 aromatic rings. The third kappa shape index (κ3) is 4.81. The van der Waals surface area contributed by atoms with Crippen molar-refractivity contribution in [1.82, 2.24) is 0 Å². The molecule has 0 saturated heterocycles. The van der Waals surface area contributed by atoms with Gasteiger partial charge in [0.15, 0.2) is 0 Å². The molecule has 260 valence electrons. The summed E-state index contributed by atoms with van der Waals surface area (Å²) in [7, 11) is 0. The molecule has 0 spiro atoms. The highest BCUT2D eigenvalue weighted by atomic mass is 16.3. The molecule has 0 atom stereocenters. The fourth-order valence-electron chi connectivity index (χ4n) is 9.20. The Kier molecular flexibility index (Phi) is 6.93. The van der Waals surface area contributed by atoms with Gasteiger partial charge in [0.2, 0.25) is 0 Å². The fourth-order valence-corrected chi connectivity index (χ4v) is 9.20. The van der Waals surface area contributed by atoms with Crippen molar-refractivity contribution >= 4 is 60.5 Å². The van der Waals surface area contributed by atoms with E-state index in [9.17, 15) is 0 Å². The molecule has 0 bridgehead atoms. The first-order valence-electron chi connectivity index (χ1n) is 19.1. The monoisotopic (exact) mass is 703 g/mol. The smallest absolute Gasteiger partial charge is 0.143 e. The molecule has 2 heteroatoms. The predicted molar refractivity (Wildman–Crippen MR) is 232 cm³/mol. The molecule has 0 saturated carbocycles. The van der Waals surface area contributed by atoms with E-state index in [0.29, 0.717) is 0 Å². The first-order chi connectivity index (χ1) is 27.0. The van der Waals surface area contributed by atoms with Gasteiger partial charge >= 0.3 is 0 Å². The lowest BCUT2D eigenvalue weighted by Gasteiger charge is -2.29. The minimum absolute atomic E-state index is 0.106. The van der Waals surface area contributed by atoms with E-state index in [4.69, 9.17) is 4.42 Å². The second-order valence-electron chi connectivity index (χ2n) is 15.3. The minimum Gasteiger partial charge on any atom is -0.455 e. The number of para-hydroxylation sites is 2. The third-order valence-electron chi connectivity index (χ3n) is 11.9. The van der Waals surface area contributed by atoms with Gasteiger partial charge in [0, 0.05) is 38.7 Å². The quantitative estimate of drug-likeness (QED) is 0.166. The maximum absolute atomic E-state index is 6.44. The Labute approximate surface area is 320 Å². The third-order valence-corrected chi connectivity index (χ3v) is 11.9. The van der Waals surface area contributed by atoms with Crippen LogP contribution in [0.15, 0.2) is 192 Å². The molecule has 9 aromatic carbocycles. The van der Waals surface area contributed by atoms with Crippen LogP contribution in [0.2, 0.25) is 0 Å². The van der Waals surface area contributed by atoms with Crippen molar-refractivity contribution < 1.29 is 4.42 Å². The normalized spacial score (nSPS) is 13.1. The molecule has 1 aromatic heterocycles. The summed E-state index contributed by atoms with van der Waals surface area (Å²) in [4.78, 5) is 2.43. The van der Waals surface area contributed by atoms with Crippen molar-refractivity contribution in [3.63, 3.8) is 0 Å². The topological polar surface area (TPSA) is 16.4 Å². The van der Waals surface area contributed by atoms with Gasteiger partial charge in [0.25, 0.3) is 0 Å². The van der Waals surface area contributed by atoms with E-state index in [-0.39, 0.29) is 5.41 Å². The van der Waals surface area contributed by atoms with Gasteiger partial charge in [0.05, 0.1) is 5.69 Å². The van der Waals surface area contributed by atoms with Crippen LogP contribution in [-0.2, 0) is 5.41 Å². The Morgan fingerprint density at radius 1 is 0.400 bits per heavy atom. The molecule has 0 fully saturated rings. The highest BCUT2D eigenvalue weighted by molar-refractivity contribution is 6.12. The van der Waals surface area contributed by atoms with E-state index in [1.165, 1.54) is 60.6 Å². The Balaban J connectivity index is 1.07. The van der Waals surface area contributed by atoms with Crippen LogP contribution in [0.5, 0.6) is 0 Å². The Bertz CT molecular complexity index is 3110. The van der Waals surface area contributed by atoms with E-state index >= 15 is 0 Å². The van der Waals surface area contributed by atoms with Gasteiger partial charge in [-0.15, -0.1) is 0 Å². The first-order valence-corrected chi connectivity index (χ1v) is 19.1. The van der Waals surface area contributed by atoms with Gasteiger partial charge in [0.1, 0.15) is 11.2 Å². The molecule has 0 unspecified atom stereocenters. The second-order valence-corrected chi connectivity index (χ2v) is 15.3. The number of anilines is 3. The van der Waals surface area contributed by atoms with E-state index in [1.807, 2.05) is 12.1 Å². The van der Waals surface area contributed by atoms with Crippen molar-refractivity contribution in [2.45, 2.75) is 19.3 Å². The van der Waals surface area contributed by atoms with Gasteiger partial charge in [-0.05, 0) is 91.3 Å². The van der Waals surface area contributed by atoms with Gasteiger partial charge in [-0.3, -0.25) is 0 Å². The lowest BCUT2D eigenvalue weighted by molar-refractivity contribution is 0.660. The van der Waals surface area contributed by atoms with Gasteiger partial charge in [-0.25, -0.2) is 0 Å². The van der Waals surface area contributed by atoms with Crippen LogP contribution in [0.3, 0.4) is 0 Å². The average molecular weight is 704 g/mol. The van der Waals surface area contributed by atoms with Crippen molar-refractivity contribution in [2.75, 3.05) is 4.90 Å². The summed E-state index contributed by atoms with van der Waals surface area (Å²) in [5.74, 6) is 0. The van der Waals surface area contributed by atoms with Crippen LogP contribution >= 0.6 is 0 Å². The van der Waals surface area contributed by atoms with Gasteiger partial charge in [-0.2, -0.15) is 0 Å². The number of rotatable bonds is 5. The summed E-state index contributed by atoms with van der Waals surface area (Å²) < 4.78 is 6.44. The zero-order valence-corrected chi connectivity index (χ0v) is 30.8. The average Bonchev–Trinajstić information content (AvgIpc) is 3.74. The Morgan fingerprint density at radius 3 is 1.78 bits per heavy atom. The Morgan fingerprint density at radius 2 is 0.982 bits per heavy atom. The van der Waals surface area contributed by atoms with E-state index in [0.717, 1.165) is 44.4 Å².